The molecule has 0 atom stereocenters. The molecule has 3 rings (SSSR count). The first-order chi connectivity index (χ1) is 26.2. The van der Waals surface area contributed by atoms with Crippen molar-refractivity contribution in [3.63, 3.8) is 0 Å². The van der Waals surface area contributed by atoms with Crippen LogP contribution in [0.15, 0.2) is 35.4 Å². The Morgan fingerprint density at radius 1 is 0.382 bits per heavy atom. The van der Waals surface area contributed by atoms with Crippen molar-refractivity contribution >= 4 is 11.4 Å². The third-order valence-corrected chi connectivity index (χ3v) is 12.9. The van der Waals surface area contributed by atoms with Crippen LogP contribution >= 0.6 is 0 Å². The SMILES string of the molecule is CCCCCCCCCCCCCCCCCCCCCCCCCCCCCC1=C(c2cc(C)c(C)c(C)c2)[N+](=[N-])C(c2cc(C)c(C)c(C)c2)=C1C.[Ni]. The topological polar surface area (TPSA) is 25.3 Å². The van der Waals surface area contributed by atoms with Crippen LogP contribution in [0.5, 0.6) is 0 Å². The molecule has 2 aromatic rings. The molecule has 1 aliphatic rings. The maximum Gasteiger partial charge on any atom is 0.211 e. The van der Waals surface area contributed by atoms with Gasteiger partial charge in [-0.05, 0) is 119 Å². The fourth-order valence-corrected chi connectivity index (χ4v) is 8.80. The number of hydrogen-bond acceptors (Lipinski definition) is 0. The van der Waals surface area contributed by atoms with Crippen molar-refractivity contribution in [2.75, 3.05) is 0 Å². The maximum atomic E-state index is 11.8. The molecular formula is C52H84N2Ni. The maximum absolute atomic E-state index is 11.8. The van der Waals surface area contributed by atoms with Gasteiger partial charge >= 0.3 is 0 Å². The summed E-state index contributed by atoms with van der Waals surface area (Å²) in [6.07, 6.45) is 39.4. The van der Waals surface area contributed by atoms with Crippen LogP contribution in [0.4, 0.5) is 0 Å². The quantitative estimate of drug-likeness (QED) is 0.0428. The Morgan fingerprint density at radius 3 is 0.927 bits per heavy atom. The van der Waals surface area contributed by atoms with Gasteiger partial charge in [-0.2, -0.15) is 0 Å². The summed E-state index contributed by atoms with van der Waals surface area (Å²) in [5.74, 6) is 0. The zero-order valence-electron chi connectivity index (χ0n) is 37.3. The van der Waals surface area contributed by atoms with E-state index in [0.717, 1.165) is 28.9 Å². The van der Waals surface area contributed by atoms with E-state index in [1.165, 1.54) is 223 Å². The average Bonchev–Trinajstić information content (AvgIpc) is 3.40. The Kier molecular flexibility index (Phi) is 25.4. The van der Waals surface area contributed by atoms with E-state index in [1.54, 1.807) is 0 Å². The molecule has 0 saturated heterocycles. The number of aryl methyl sites for hydroxylation is 4. The van der Waals surface area contributed by atoms with Crippen molar-refractivity contribution in [1.82, 2.24) is 0 Å². The molecule has 0 fully saturated rings. The zero-order valence-corrected chi connectivity index (χ0v) is 38.3. The zero-order chi connectivity index (χ0) is 39.1. The van der Waals surface area contributed by atoms with E-state index in [-0.39, 0.29) is 16.5 Å². The van der Waals surface area contributed by atoms with Gasteiger partial charge in [0, 0.05) is 38.8 Å². The van der Waals surface area contributed by atoms with Crippen LogP contribution in [0, 0.1) is 41.5 Å². The summed E-state index contributed by atoms with van der Waals surface area (Å²) in [6, 6.07) is 9.03. The molecule has 0 spiro atoms. The summed E-state index contributed by atoms with van der Waals surface area (Å²) in [6.45, 7) is 17.7. The smallest absolute Gasteiger partial charge is 0.211 e. The van der Waals surface area contributed by atoms with Gasteiger partial charge in [0.2, 0.25) is 11.4 Å². The van der Waals surface area contributed by atoms with E-state index in [4.69, 9.17) is 0 Å². The largest absolute Gasteiger partial charge is 0.493 e. The minimum absolute atomic E-state index is 0. The standard InChI is InChI=1S/C52H84N2.Ni/c1-9-10-11-12-13-14-15-16-17-18-19-20-21-22-23-24-25-26-27-28-29-30-31-32-33-34-35-36-50-47(8)51(48-37-41(2)45(6)42(3)38-48)54(53)52(50)49-39-43(4)46(7)44(5)40-49;/h37-40H,9-36H2,1-8H3;. The molecule has 0 N–H and O–H groups in total. The van der Waals surface area contributed by atoms with Crippen LogP contribution in [0.25, 0.3) is 16.9 Å². The summed E-state index contributed by atoms with van der Waals surface area (Å²) in [4.78, 5) is 0. The summed E-state index contributed by atoms with van der Waals surface area (Å²) < 4.78 is 1.51. The van der Waals surface area contributed by atoms with Gasteiger partial charge in [-0.25, -0.2) is 4.70 Å². The first-order valence-electron chi connectivity index (χ1n) is 23.3. The minimum Gasteiger partial charge on any atom is -0.493 e. The Labute approximate surface area is 351 Å². The van der Waals surface area contributed by atoms with Crippen molar-refractivity contribution < 1.29 is 21.2 Å². The van der Waals surface area contributed by atoms with Crippen LogP contribution in [-0.2, 0) is 16.5 Å². The summed E-state index contributed by atoms with van der Waals surface area (Å²) in [5, 5.41) is 0. The van der Waals surface area contributed by atoms with Gasteiger partial charge in [-0.3, -0.25) is 0 Å². The Bertz CT molecular complexity index is 1430. The molecule has 0 amide bonds. The van der Waals surface area contributed by atoms with Crippen LogP contribution in [0.2, 0.25) is 0 Å². The number of hydrogen-bond donors (Lipinski definition) is 0. The fraction of sp³-hybridized carbons (Fsp3) is 0.692. The molecule has 312 valence electrons. The van der Waals surface area contributed by atoms with E-state index < -0.39 is 0 Å². The van der Waals surface area contributed by atoms with E-state index in [9.17, 15) is 5.53 Å². The molecule has 0 aromatic heterocycles. The summed E-state index contributed by atoms with van der Waals surface area (Å²) in [7, 11) is 0. The molecule has 3 heteroatoms. The van der Waals surface area contributed by atoms with Gasteiger partial charge in [0.15, 0.2) is 0 Å². The third-order valence-electron chi connectivity index (χ3n) is 12.9. The molecule has 0 bridgehead atoms. The number of nitrogens with zero attached hydrogens (tertiary/aromatic N) is 2. The van der Waals surface area contributed by atoms with E-state index >= 15 is 0 Å². The predicted octanol–water partition coefficient (Wildman–Crippen LogP) is 17.7. The Hall–Kier alpha value is -1.99. The van der Waals surface area contributed by atoms with Crippen molar-refractivity contribution in [2.24, 2.45) is 0 Å². The van der Waals surface area contributed by atoms with Crippen LogP contribution < -0.4 is 0 Å². The van der Waals surface area contributed by atoms with Crippen molar-refractivity contribution in [3.8, 4) is 0 Å². The third kappa shape index (κ3) is 17.2. The van der Waals surface area contributed by atoms with Gasteiger partial charge < -0.3 is 5.53 Å². The molecule has 1 aliphatic heterocycles. The number of benzene rings is 2. The predicted molar refractivity (Wildman–Crippen MR) is 239 cm³/mol. The van der Waals surface area contributed by atoms with E-state index in [2.05, 4.69) is 79.7 Å². The molecule has 2 aromatic carbocycles. The summed E-state index contributed by atoms with van der Waals surface area (Å²) >= 11 is 0. The van der Waals surface area contributed by atoms with Crippen LogP contribution in [0.1, 0.15) is 238 Å². The van der Waals surface area contributed by atoms with Gasteiger partial charge in [-0.15, -0.1) is 0 Å². The van der Waals surface area contributed by atoms with Gasteiger partial charge in [0.25, 0.3) is 0 Å². The molecule has 55 heavy (non-hydrogen) atoms. The van der Waals surface area contributed by atoms with E-state index in [1.807, 2.05) is 0 Å². The molecule has 0 saturated carbocycles. The Balaban J connectivity index is 0.0000105. The normalized spacial score (nSPS) is 13.1. The van der Waals surface area contributed by atoms with Crippen LogP contribution in [0.3, 0.4) is 0 Å². The van der Waals surface area contributed by atoms with Crippen molar-refractivity contribution in [3.05, 3.63) is 85.5 Å². The molecule has 2 nitrogen and oxygen atoms in total. The van der Waals surface area contributed by atoms with Gasteiger partial charge in [0.05, 0.1) is 0 Å². The molecule has 0 radical (unpaired) electrons. The van der Waals surface area contributed by atoms with Gasteiger partial charge in [-0.1, -0.05) is 174 Å². The number of rotatable bonds is 30. The second-order valence-corrected chi connectivity index (χ2v) is 17.5. The van der Waals surface area contributed by atoms with Gasteiger partial charge in [0.1, 0.15) is 0 Å². The Morgan fingerprint density at radius 2 is 0.636 bits per heavy atom. The molecular weight excluding hydrogens is 711 g/mol. The summed E-state index contributed by atoms with van der Waals surface area (Å²) in [5.41, 5.74) is 26.3. The monoisotopic (exact) mass is 795 g/mol. The fourth-order valence-electron chi connectivity index (χ4n) is 8.80. The van der Waals surface area contributed by atoms with Crippen molar-refractivity contribution in [2.45, 2.75) is 235 Å². The number of unbranched alkanes of at least 4 members (excludes halogenated alkanes) is 26. The molecule has 1 heterocycles. The van der Waals surface area contributed by atoms with Crippen molar-refractivity contribution in [1.29, 1.82) is 0 Å². The first-order valence-corrected chi connectivity index (χ1v) is 23.3. The van der Waals surface area contributed by atoms with Crippen LogP contribution in [-0.4, -0.2) is 4.70 Å². The minimum atomic E-state index is 0. The second kappa shape index (κ2) is 28.4. The first kappa shape index (κ1) is 49.2. The number of allylic oxidation sites excluding steroid dienone is 2. The van der Waals surface area contributed by atoms with E-state index in [0.29, 0.717) is 0 Å². The second-order valence-electron chi connectivity index (χ2n) is 17.5. The average molecular weight is 796 g/mol. The molecule has 0 aliphatic carbocycles. The molecule has 0 unspecified atom stereocenters.